The van der Waals surface area contributed by atoms with E-state index in [0.717, 1.165) is 30.2 Å². The summed E-state index contributed by atoms with van der Waals surface area (Å²) in [4.78, 5) is 2.82. The lowest BCUT2D eigenvalue weighted by Gasteiger charge is -2.20. The normalized spacial score (nSPS) is 14.1. The summed E-state index contributed by atoms with van der Waals surface area (Å²) in [6.07, 6.45) is 0. The van der Waals surface area contributed by atoms with Gasteiger partial charge < -0.3 is 9.47 Å². The van der Waals surface area contributed by atoms with Crippen molar-refractivity contribution in [3.63, 3.8) is 0 Å². The minimum absolute atomic E-state index is 0.273. The standard InChI is InChI=1S/C18H19Cl2NO3S/c1-2-21(11-13-3-6-16-17(9-13)24-12-23-16)7-8-25(22)18-10-14(19)4-5-15(18)20/h3-6,9-10H,2,7-8,11-12H2,1H3/t25-/m1/s1. The highest BCUT2D eigenvalue weighted by atomic mass is 35.5. The second-order valence-corrected chi connectivity index (χ2v) is 8.06. The smallest absolute Gasteiger partial charge is 0.231 e. The van der Waals surface area contributed by atoms with Gasteiger partial charge in [-0.25, -0.2) is 0 Å². The third-order valence-corrected chi connectivity index (χ3v) is 6.08. The molecule has 25 heavy (non-hydrogen) atoms. The van der Waals surface area contributed by atoms with Crippen molar-refractivity contribution in [3.8, 4) is 11.5 Å². The lowest BCUT2D eigenvalue weighted by molar-refractivity contribution is 0.174. The van der Waals surface area contributed by atoms with Crippen molar-refractivity contribution in [1.29, 1.82) is 0 Å². The lowest BCUT2D eigenvalue weighted by Crippen LogP contribution is -2.27. The van der Waals surface area contributed by atoms with Gasteiger partial charge in [0.15, 0.2) is 11.5 Å². The van der Waals surface area contributed by atoms with Crippen LogP contribution in [0.15, 0.2) is 41.3 Å². The number of halogens is 2. The zero-order valence-electron chi connectivity index (χ0n) is 13.8. The van der Waals surface area contributed by atoms with E-state index in [1.165, 1.54) is 0 Å². The molecule has 0 saturated heterocycles. The molecule has 0 unspecified atom stereocenters. The van der Waals surface area contributed by atoms with Crippen molar-refractivity contribution in [2.75, 3.05) is 25.6 Å². The van der Waals surface area contributed by atoms with Gasteiger partial charge in [0.05, 0.1) is 20.7 Å². The van der Waals surface area contributed by atoms with Crippen molar-refractivity contribution >= 4 is 34.0 Å². The minimum atomic E-state index is -1.19. The average molecular weight is 400 g/mol. The molecular formula is C18H19Cl2NO3S. The van der Waals surface area contributed by atoms with Crippen LogP contribution in [0, 0.1) is 0 Å². The number of hydrogen-bond donors (Lipinski definition) is 0. The van der Waals surface area contributed by atoms with Crippen LogP contribution in [-0.4, -0.2) is 34.7 Å². The Morgan fingerprint density at radius 2 is 1.92 bits per heavy atom. The van der Waals surface area contributed by atoms with E-state index in [0.29, 0.717) is 27.2 Å². The molecule has 1 heterocycles. The summed E-state index contributed by atoms with van der Waals surface area (Å²) in [6.45, 7) is 4.67. The van der Waals surface area contributed by atoms with E-state index in [4.69, 9.17) is 32.7 Å². The molecule has 0 aliphatic carbocycles. The van der Waals surface area contributed by atoms with Crippen LogP contribution in [0.3, 0.4) is 0 Å². The van der Waals surface area contributed by atoms with Crippen molar-refractivity contribution in [1.82, 2.24) is 4.90 Å². The molecule has 3 rings (SSSR count). The van der Waals surface area contributed by atoms with Gasteiger partial charge in [-0.05, 0) is 42.4 Å². The summed E-state index contributed by atoms with van der Waals surface area (Å²) < 4.78 is 23.3. The van der Waals surface area contributed by atoms with Crippen molar-refractivity contribution in [2.45, 2.75) is 18.4 Å². The van der Waals surface area contributed by atoms with Crippen molar-refractivity contribution in [3.05, 3.63) is 52.0 Å². The third kappa shape index (κ3) is 4.67. The fourth-order valence-corrected chi connectivity index (χ4v) is 4.42. The Hall–Kier alpha value is -1.27. The Balaban J connectivity index is 1.60. The first kappa shape index (κ1) is 18.5. The molecule has 2 aromatic rings. The first-order chi connectivity index (χ1) is 12.1. The van der Waals surface area contributed by atoms with Crippen LogP contribution in [-0.2, 0) is 17.3 Å². The van der Waals surface area contributed by atoms with Gasteiger partial charge in [-0.1, -0.05) is 36.2 Å². The van der Waals surface area contributed by atoms with E-state index in [-0.39, 0.29) is 6.79 Å². The molecule has 0 amide bonds. The number of nitrogens with zero attached hydrogens (tertiary/aromatic N) is 1. The highest BCUT2D eigenvalue weighted by molar-refractivity contribution is 7.85. The zero-order valence-corrected chi connectivity index (χ0v) is 16.2. The molecule has 7 heteroatoms. The Labute approximate surface area is 160 Å². The first-order valence-corrected chi connectivity index (χ1v) is 10.1. The van der Waals surface area contributed by atoms with Crippen LogP contribution >= 0.6 is 23.2 Å². The van der Waals surface area contributed by atoms with Gasteiger partial charge in [-0.15, -0.1) is 0 Å². The molecule has 0 aromatic heterocycles. The summed E-state index contributed by atoms with van der Waals surface area (Å²) in [6, 6.07) is 11.0. The minimum Gasteiger partial charge on any atom is -0.454 e. The number of ether oxygens (including phenoxy) is 2. The van der Waals surface area contributed by atoms with Crippen LogP contribution in [0.1, 0.15) is 12.5 Å². The molecule has 1 atom stereocenters. The SMILES string of the molecule is CCN(CC[S@@](=O)c1cc(Cl)ccc1Cl)Cc1ccc2c(c1)OCO2. The van der Waals surface area contributed by atoms with Gasteiger partial charge in [-0.2, -0.15) is 0 Å². The van der Waals surface area contributed by atoms with Gasteiger partial charge in [0, 0.05) is 23.9 Å². The predicted molar refractivity (Wildman–Crippen MR) is 101 cm³/mol. The van der Waals surface area contributed by atoms with Crippen LogP contribution < -0.4 is 9.47 Å². The molecule has 2 aromatic carbocycles. The maximum atomic E-state index is 12.5. The molecule has 134 valence electrons. The molecule has 1 aliphatic rings. The predicted octanol–water partition coefficient (Wildman–Crippen LogP) is 4.35. The zero-order chi connectivity index (χ0) is 17.8. The Kier molecular flexibility index (Phi) is 6.23. The number of benzene rings is 2. The molecule has 0 fully saturated rings. The fourth-order valence-electron chi connectivity index (χ4n) is 2.62. The molecule has 0 radical (unpaired) electrons. The van der Waals surface area contributed by atoms with Crippen molar-refractivity contribution < 1.29 is 13.7 Å². The largest absolute Gasteiger partial charge is 0.454 e. The first-order valence-electron chi connectivity index (χ1n) is 8.01. The highest BCUT2D eigenvalue weighted by Crippen LogP contribution is 2.32. The molecule has 0 bridgehead atoms. The molecule has 1 aliphatic heterocycles. The van der Waals surface area contributed by atoms with E-state index in [1.54, 1.807) is 18.2 Å². The summed E-state index contributed by atoms with van der Waals surface area (Å²) in [5.41, 5.74) is 1.14. The van der Waals surface area contributed by atoms with Crippen LogP contribution in [0.4, 0.5) is 0 Å². The third-order valence-electron chi connectivity index (χ3n) is 4.02. The monoisotopic (exact) mass is 399 g/mol. The quantitative estimate of drug-likeness (QED) is 0.693. The van der Waals surface area contributed by atoms with E-state index in [9.17, 15) is 4.21 Å². The van der Waals surface area contributed by atoms with Crippen LogP contribution in [0.2, 0.25) is 10.0 Å². The van der Waals surface area contributed by atoms with Gasteiger partial charge in [-0.3, -0.25) is 9.11 Å². The number of fused-ring (bicyclic) bond motifs is 1. The van der Waals surface area contributed by atoms with Gasteiger partial charge in [0.2, 0.25) is 6.79 Å². The van der Waals surface area contributed by atoms with Crippen molar-refractivity contribution in [2.24, 2.45) is 0 Å². The second kappa shape index (κ2) is 8.41. The van der Waals surface area contributed by atoms with E-state index < -0.39 is 10.8 Å². The van der Waals surface area contributed by atoms with Gasteiger partial charge in [0.1, 0.15) is 0 Å². The molecule has 0 saturated carbocycles. The number of rotatable bonds is 7. The Morgan fingerprint density at radius 3 is 2.72 bits per heavy atom. The topological polar surface area (TPSA) is 38.8 Å². The molecule has 0 N–H and O–H groups in total. The van der Waals surface area contributed by atoms with Crippen LogP contribution in [0.5, 0.6) is 11.5 Å². The molecule has 4 nitrogen and oxygen atoms in total. The summed E-state index contributed by atoms with van der Waals surface area (Å²) in [7, 11) is -1.19. The summed E-state index contributed by atoms with van der Waals surface area (Å²) >= 11 is 12.1. The Morgan fingerprint density at radius 1 is 1.12 bits per heavy atom. The molecule has 0 spiro atoms. The van der Waals surface area contributed by atoms with E-state index >= 15 is 0 Å². The average Bonchev–Trinajstić information content (AvgIpc) is 3.08. The van der Waals surface area contributed by atoms with Crippen LogP contribution in [0.25, 0.3) is 0 Å². The maximum Gasteiger partial charge on any atom is 0.231 e. The summed E-state index contributed by atoms with van der Waals surface area (Å²) in [5, 5.41) is 1.03. The second-order valence-electron chi connectivity index (χ2n) is 5.68. The fraction of sp³-hybridized carbons (Fsp3) is 0.333. The number of hydrogen-bond acceptors (Lipinski definition) is 4. The molecular weight excluding hydrogens is 381 g/mol. The van der Waals surface area contributed by atoms with Gasteiger partial charge >= 0.3 is 0 Å². The highest BCUT2D eigenvalue weighted by Gasteiger charge is 2.15. The summed E-state index contributed by atoms with van der Waals surface area (Å²) in [5.74, 6) is 2.06. The van der Waals surface area contributed by atoms with E-state index in [2.05, 4.69) is 11.8 Å². The van der Waals surface area contributed by atoms with E-state index in [1.807, 2.05) is 18.2 Å². The maximum absolute atomic E-state index is 12.5. The Bertz CT molecular complexity index is 785. The van der Waals surface area contributed by atoms with Gasteiger partial charge in [0.25, 0.3) is 0 Å². The lowest BCUT2D eigenvalue weighted by atomic mass is 10.2.